The second kappa shape index (κ2) is 5.41. The van der Waals surface area contributed by atoms with E-state index in [1.807, 2.05) is 24.3 Å². The van der Waals surface area contributed by atoms with E-state index in [9.17, 15) is 0 Å². The van der Waals surface area contributed by atoms with Gasteiger partial charge in [-0.25, -0.2) is 4.98 Å². The number of nitrogens with zero attached hydrogens (tertiary/aromatic N) is 2. The number of pyridine rings is 2. The van der Waals surface area contributed by atoms with E-state index in [4.69, 9.17) is 9.84 Å². The van der Waals surface area contributed by atoms with Gasteiger partial charge in [0.2, 0.25) is 5.88 Å². The molecule has 0 fully saturated rings. The van der Waals surface area contributed by atoms with Crippen molar-refractivity contribution < 1.29 is 9.84 Å². The summed E-state index contributed by atoms with van der Waals surface area (Å²) in [6.45, 7) is -0.0234. The van der Waals surface area contributed by atoms with Gasteiger partial charge in [-0.05, 0) is 17.2 Å². The number of aliphatic hydroxyl groups excluding tert-OH is 1. The summed E-state index contributed by atoms with van der Waals surface area (Å²) in [5, 5.41) is 8.89. The summed E-state index contributed by atoms with van der Waals surface area (Å²) in [6, 6.07) is 7.60. The van der Waals surface area contributed by atoms with Crippen LogP contribution in [0.25, 0.3) is 0 Å². The minimum Gasteiger partial charge on any atom is -0.481 e. The lowest BCUT2D eigenvalue weighted by atomic mass is 10.1. The number of aliphatic hydroxyl groups is 1. The molecule has 0 atom stereocenters. The molecule has 0 bridgehead atoms. The summed E-state index contributed by atoms with van der Waals surface area (Å²) < 4.78 is 5.00. The molecular formula is C13H14N2O2. The van der Waals surface area contributed by atoms with Gasteiger partial charge in [-0.3, -0.25) is 4.98 Å². The van der Waals surface area contributed by atoms with Crippen LogP contribution in [-0.4, -0.2) is 22.2 Å². The Morgan fingerprint density at radius 1 is 1.06 bits per heavy atom. The maximum absolute atomic E-state index is 8.89. The molecule has 1 N–H and O–H groups in total. The van der Waals surface area contributed by atoms with E-state index in [1.54, 1.807) is 19.5 Å². The Morgan fingerprint density at radius 3 is 2.24 bits per heavy atom. The third kappa shape index (κ3) is 3.01. The van der Waals surface area contributed by atoms with Gasteiger partial charge in [0, 0.05) is 24.9 Å². The molecule has 0 amide bonds. The molecule has 2 aromatic rings. The van der Waals surface area contributed by atoms with Gasteiger partial charge in [0.15, 0.2) is 0 Å². The third-order valence-electron chi connectivity index (χ3n) is 2.46. The summed E-state index contributed by atoms with van der Waals surface area (Å²) in [5.74, 6) is 0.613. The average molecular weight is 230 g/mol. The molecule has 2 aromatic heterocycles. The quantitative estimate of drug-likeness (QED) is 0.866. The number of methoxy groups -OCH3 is 1. The second-order valence-electron chi connectivity index (χ2n) is 3.70. The lowest BCUT2D eigenvalue weighted by Gasteiger charge is -2.03. The highest BCUT2D eigenvalue weighted by Gasteiger charge is 1.99. The van der Waals surface area contributed by atoms with E-state index in [0.29, 0.717) is 11.6 Å². The van der Waals surface area contributed by atoms with Gasteiger partial charge in [-0.2, -0.15) is 0 Å². The first-order valence-electron chi connectivity index (χ1n) is 5.35. The lowest BCUT2D eigenvalue weighted by Crippen LogP contribution is -1.94. The fourth-order valence-corrected chi connectivity index (χ4v) is 1.53. The first-order chi connectivity index (χ1) is 8.31. The van der Waals surface area contributed by atoms with Gasteiger partial charge in [-0.1, -0.05) is 12.1 Å². The molecule has 0 spiro atoms. The Morgan fingerprint density at radius 2 is 1.76 bits per heavy atom. The Kier molecular flexibility index (Phi) is 3.67. The van der Waals surface area contributed by atoms with E-state index >= 15 is 0 Å². The fraction of sp³-hybridized carbons (Fsp3) is 0.231. The molecule has 0 radical (unpaired) electrons. The Balaban J connectivity index is 2.08. The summed E-state index contributed by atoms with van der Waals surface area (Å²) >= 11 is 0. The highest BCUT2D eigenvalue weighted by molar-refractivity contribution is 5.25. The Hall–Kier alpha value is -1.94. The molecule has 0 saturated carbocycles. The first kappa shape index (κ1) is 11.5. The van der Waals surface area contributed by atoms with Crippen molar-refractivity contribution in [2.24, 2.45) is 0 Å². The number of hydrogen-bond donors (Lipinski definition) is 1. The van der Waals surface area contributed by atoms with Crippen LogP contribution in [0, 0.1) is 0 Å². The van der Waals surface area contributed by atoms with Crippen LogP contribution in [0.15, 0.2) is 36.7 Å². The minimum atomic E-state index is -0.0234. The van der Waals surface area contributed by atoms with Gasteiger partial charge in [0.1, 0.15) is 0 Å². The predicted octanol–water partition coefficient (Wildman–Crippen LogP) is 1.57. The van der Waals surface area contributed by atoms with Crippen LogP contribution in [0.2, 0.25) is 0 Å². The SMILES string of the molecule is COc1ccc(Cc2ccc(CO)nc2)cn1. The van der Waals surface area contributed by atoms with Gasteiger partial charge in [0.25, 0.3) is 0 Å². The molecule has 2 rings (SSSR count). The lowest BCUT2D eigenvalue weighted by molar-refractivity contribution is 0.277. The van der Waals surface area contributed by atoms with Crippen LogP contribution in [0.4, 0.5) is 0 Å². The number of rotatable bonds is 4. The van der Waals surface area contributed by atoms with Crippen molar-refractivity contribution in [1.82, 2.24) is 9.97 Å². The third-order valence-corrected chi connectivity index (χ3v) is 2.46. The van der Waals surface area contributed by atoms with E-state index in [0.717, 1.165) is 17.5 Å². The van der Waals surface area contributed by atoms with E-state index < -0.39 is 0 Å². The van der Waals surface area contributed by atoms with Crippen molar-refractivity contribution in [2.45, 2.75) is 13.0 Å². The molecular weight excluding hydrogens is 216 g/mol. The van der Waals surface area contributed by atoms with Crippen molar-refractivity contribution >= 4 is 0 Å². The topological polar surface area (TPSA) is 55.2 Å². The van der Waals surface area contributed by atoms with E-state index in [2.05, 4.69) is 9.97 Å². The Labute approximate surface area is 99.9 Å². The molecule has 0 saturated heterocycles. The van der Waals surface area contributed by atoms with Gasteiger partial charge in [-0.15, -0.1) is 0 Å². The zero-order valence-electron chi connectivity index (χ0n) is 9.63. The molecule has 0 aliphatic carbocycles. The summed E-state index contributed by atoms with van der Waals surface area (Å²) in [7, 11) is 1.60. The normalized spacial score (nSPS) is 10.2. The van der Waals surface area contributed by atoms with Crippen molar-refractivity contribution in [2.75, 3.05) is 7.11 Å². The van der Waals surface area contributed by atoms with Crippen molar-refractivity contribution in [3.63, 3.8) is 0 Å². The highest BCUT2D eigenvalue weighted by Crippen LogP contribution is 2.11. The Bertz CT molecular complexity index is 420. The molecule has 17 heavy (non-hydrogen) atoms. The molecule has 0 aliphatic rings. The average Bonchev–Trinajstić information content (AvgIpc) is 2.40. The maximum atomic E-state index is 8.89. The van der Waals surface area contributed by atoms with Crippen molar-refractivity contribution in [3.8, 4) is 5.88 Å². The highest BCUT2D eigenvalue weighted by atomic mass is 16.5. The fourth-order valence-electron chi connectivity index (χ4n) is 1.53. The van der Waals surface area contributed by atoms with Crippen molar-refractivity contribution in [3.05, 3.63) is 53.5 Å². The van der Waals surface area contributed by atoms with Crippen LogP contribution >= 0.6 is 0 Å². The molecule has 0 aliphatic heterocycles. The van der Waals surface area contributed by atoms with Crippen LogP contribution in [-0.2, 0) is 13.0 Å². The largest absolute Gasteiger partial charge is 0.481 e. The van der Waals surface area contributed by atoms with Gasteiger partial charge in [0.05, 0.1) is 19.4 Å². The summed E-state index contributed by atoms with van der Waals surface area (Å²) in [4.78, 5) is 8.28. The first-order valence-corrected chi connectivity index (χ1v) is 5.35. The molecule has 4 nitrogen and oxygen atoms in total. The standard InChI is InChI=1S/C13H14N2O2/c1-17-13-5-3-11(8-15-13)6-10-2-4-12(9-16)14-7-10/h2-5,7-8,16H,6,9H2,1H3. The summed E-state index contributed by atoms with van der Waals surface area (Å²) in [6.07, 6.45) is 4.34. The number of ether oxygens (including phenoxy) is 1. The van der Waals surface area contributed by atoms with E-state index in [1.165, 1.54) is 0 Å². The molecule has 4 heteroatoms. The molecule has 2 heterocycles. The van der Waals surface area contributed by atoms with Crippen LogP contribution in [0.1, 0.15) is 16.8 Å². The molecule has 0 aromatic carbocycles. The molecule has 88 valence electrons. The number of aromatic nitrogens is 2. The molecule has 0 unspecified atom stereocenters. The zero-order valence-corrected chi connectivity index (χ0v) is 9.63. The summed E-state index contributed by atoms with van der Waals surface area (Å²) in [5.41, 5.74) is 2.88. The van der Waals surface area contributed by atoms with E-state index in [-0.39, 0.29) is 6.61 Å². The van der Waals surface area contributed by atoms with Gasteiger partial charge < -0.3 is 9.84 Å². The predicted molar refractivity (Wildman–Crippen MR) is 63.8 cm³/mol. The second-order valence-corrected chi connectivity index (χ2v) is 3.70. The number of hydrogen-bond acceptors (Lipinski definition) is 4. The monoisotopic (exact) mass is 230 g/mol. The smallest absolute Gasteiger partial charge is 0.212 e. The van der Waals surface area contributed by atoms with Crippen LogP contribution < -0.4 is 4.74 Å². The van der Waals surface area contributed by atoms with Crippen LogP contribution in [0.5, 0.6) is 5.88 Å². The maximum Gasteiger partial charge on any atom is 0.212 e. The van der Waals surface area contributed by atoms with Crippen molar-refractivity contribution in [1.29, 1.82) is 0 Å². The van der Waals surface area contributed by atoms with Crippen LogP contribution in [0.3, 0.4) is 0 Å². The minimum absolute atomic E-state index is 0.0234. The van der Waals surface area contributed by atoms with Gasteiger partial charge >= 0.3 is 0 Å². The zero-order chi connectivity index (χ0) is 12.1.